The Morgan fingerprint density at radius 2 is 1.14 bits per heavy atom. The molecule has 6 aromatic rings. The van der Waals surface area contributed by atoms with Crippen molar-refractivity contribution in [2.75, 3.05) is 0 Å². The lowest BCUT2D eigenvalue weighted by atomic mass is 10.1. The number of nitrogens with one attached hydrogen (secondary N) is 1. The highest BCUT2D eigenvalue weighted by Crippen LogP contribution is 2.57. The number of thiophene rings is 1. The van der Waals surface area contributed by atoms with Gasteiger partial charge in [0.2, 0.25) is 0 Å². The number of H-pyrrole nitrogens is 1. The number of fused-ring (bicyclic) bond motifs is 1. The van der Waals surface area contributed by atoms with E-state index in [0.717, 1.165) is 21.8 Å². The molecule has 0 saturated carbocycles. The van der Waals surface area contributed by atoms with E-state index in [1.54, 1.807) is 0 Å². The number of benzene rings is 4. The monoisotopic (exact) mass is 503 g/mol. The fourth-order valence-corrected chi connectivity index (χ4v) is 9.94. The predicted molar refractivity (Wildman–Crippen MR) is 155 cm³/mol. The van der Waals surface area contributed by atoms with Crippen molar-refractivity contribution >= 4 is 44.7 Å². The molecule has 0 radical (unpaired) electrons. The zero-order valence-corrected chi connectivity index (χ0v) is 21.3. The van der Waals surface area contributed by atoms with Gasteiger partial charge in [-0.25, -0.2) is 4.98 Å². The standard InChI is InChI=1S/C31H23N2OPS/c34-30-29-27(23-13-5-1-6-14-23)22-36-31(29)33-28(32-30)21-35(24-15-7-2-8-16-24,25-17-9-3-10-18-25)26-19-11-4-12-20-26/h1-20,22H,21H2/p+1. The van der Waals surface area contributed by atoms with Gasteiger partial charge in [0.25, 0.3) is 5.56 Å². The van der Waals surface area contributed by atoms with Crippen LogP contribution >= 0.6 is 18.6 Å². The number of hydrogen-bond donors (Lipinski definition) is 1. The Balaban J connectivity index is 1.56. The first-order valence-corrected chi connectivity index (χ1v) is 14.7. The summed E-state index contributed by atoms with van der Waals surface area (Å²) < 4.78 is 0. The maximum Gasteiger partial charge on any atom is 0.260 e. The summed E-state index contributed by atoms with van der Waals surface area (Å²) in [6.07, 6.45) is 0.634. The highest BCUT2D eigenvalue weighted by atomic mass is 32.1. The van der Waals surface area contributed by atoms with Crippen LogP contribution in [0.15, 0.2) is 132 Å². The van der Waals surface area contributed by atoms with E-state index in [1.165, 1.54) is 27.3 Å². The smallest absolute Gasteiger partial charge is 0.260 e. The number of nitrogens with zero attached hydrogens (tertiary/aromatic N) is 1. The number of rotatable bonds is 6. The molecule has 5 heteroatoms. The zero-order chi connectivity index (χ0) is 24.4. The minimum absolute atomic E-state index is 0.0811. The van der Waals surface area contributed by atoms with Crippen LogP contribution in [0.25, 0.3) is 21.3 Å². The van der Waals surface area contributed by atoms with Gasteiger partial charge in [0, 0.05) is 10.9 Å². The Kier molecular flexibility index (Phi) is 6.06. The quantitative estimate of drug-likeness (QED) is 0.277. The molecule has 6 rings (SSSR count). The summed E-state index contributed by atoms with van der Waals surface area (Å²) in [6.45, 7) is 0. The zero-order valence-electron chi connectivity index (χ0n) is 19.5. The van der Waals surface area contributed by atoms with Crippen LogP contribution in [0.1, 0.15) is 5.82 Å². The minimum Gasteiger partial charge on any atom is -0.307 e. The topological polar surface area (TPSA) is 45.8 Å². The molecule has 1 N–H and O–H groups in total. The third-order valence-corrected chi connectivity index (χ3v) is 11.7. The lowest BCUT2D eigenvalue weighted by Gasteiger charge is -2.27. The van der Waals surface area contributed by atoms with Crippen LogP contribution in [0.3, 0.4) is 0 Å². The van der Waals surface area contributed by atoms with Gasteiger partial charge in [-0.2, -0.15) is 0 Å². The van der Waals surface area contributed by atoms with Gasteiger partial charge in [0.15, 0.2) is 0 Å². The van der Waals surface area contributed by atoms with E-state index in [1.807, 2.05) is 35.7 Å². The molecular weight excluding hydrogens is 479 g/mol. The largest absolute Gasteiger partial charge is 0.307 e. The van der Waals surface area contributed by atoms with E-state index in [0.29, 0.717) is 11.5 Å². The van der Waals surface area contributed by atoms with Crippen LogP contribution < -0.4 is 21.5 Å². The van der Waals surface area contributed by atoms with Crippen LogP contribution in [-0.4, -0.2) is 9.97 Å². The van der Waals surface area contributed by atoms with E-state index in [4.69, 9.17) is 4.98 Å². The fourth-order valence-electron chi connectivity index (χ4n) is 4.89. The Bertz CT molecular complexity index is 1570. The number of aromatic amines is 1. The molecule has 2 aromatic heterocycles. The summed E-state index contributed by atoms with van der Waals surface area (Å²) in [7, 11) is -2.15. The molecule has 36 heavy (non-hydrogen) atoms. The number of aromatic nitrogens is 2. The normalized spacial score (nSPS) is 11.6. The molecule has 0 amide bonds. The van der Waals surface area contributed by atoms with Crippen LogP contribution in [-0.2, 0) is 6.16 Å². The van der Waals surface area contributed by atoms with Gasteiger partial charge in [-0.1, -0.05) is 84.9 Å². The van der Waals surface area contributed by atoms with Gasteiger partial charge >= 0.3 is 0 Å². The average Bonchev–Trinajstić information content (AvgIpc) is 3.38. The molecule has 0 aliphatic carbocycles. The van der Waals surface area contributed by atoms with Crippen molar-refractivity contribution in [3.8, 4) is 11.1 Å². The molecule has 0 spiro atoms. The first-order chi connectivity index (χ1) is 17.8. The van der Waals surface area contributed by atoms with Crippen molar-refractivity contribution in [1.82, 2.24) is 9.97 Å². The molecule has 0 aliphatic heterocycles. The van der Waals surface area contributed by atoms with Crippen LogP contribution in [0.4, 0.5) is 0 Å². The molecule has 0 fully saturated rings. The molecule has 0 unspecified atom stereocenters. The van der Waals surface area contributed by atoms with E-state index >= 15 is 0 Å². The maximum absolute atomic E-state index is 13.5. The molecule has 0 saturated heterocycles. The van der Waals surface area contributed by atoms with Crippen LogP contribution in [0.5, 0.6) is 0 Å². The Morgan fingerprint density at radius 3 is 1.64 bits per heavy atom. The highest BCUT2D eigenvalue weighted by molar-refractivity contribution is 7.95. The van der Waals surface area contributed by atoms with Gasteiger partial charge < -0.3 is 4.98 Å². The second kappa shape index (κ2) is 9.66. The van der Waals surface area contributed by atoms with E-state index < -0.39 is 7.26 Å². The SMILES string of the molecule is O=c1[nH]c(C[P+](c2ccccc2)(c2ccccc2)c2ccccc2)nc2scc(-c3ccccc3)c12. The van der Waals surface area contributed by atoms with Crippen molar-refractivity contribution in [3.63, 3.8) is 0 Å². The van der Waals surface area contributed by atoms with Gasteiger partial charge in [-0.05, 0) is 42.0 Å². The van der Waals surface area contributed by atoms with Gasteiger partial charge in [-0.15, -0.1) is 11.3 Å². The number of hydrogen-bond acceptors (Lipinski definition) is 3. The summed E-state index contributed by atoms with van der Waals surface area (Å²) in [4.78, 5) is 22.5. The highest BCUT2D eigenvalue weighted by Gasteiger charge is 2.46. The first kappa shape index (κ1) is 22.6. The van der Waals surface area contributed by atoms with Crippen molar-refractivity contribution in [2.45, 2.75) is 6.16 Å². The van der Waals surface area contributed by atoms with Crippen molar-refractivity contribution in [1.29, 1.82) is 0 Å². The fraction of sp³-hybridized carbons (Fsp3) is 0.0323. The van der Waals surface area contributed by atoms with Gasteiger partial charge in [0.1, 0.15) is 40.0 Å². The molecule has 0 aliphatic rings. The van der Waals surface area contributed by atoms with E-state index in [9.17, 15) is 4.79 Å². The lowest BCUT2D eigenvalue weighted by Crippen LogP contribution is -2.33. The Morgan fingerprint density at radius 1 is 0.667 bits per heavy atom. The Hall–Kier alpha value is -3.85. The van der Waals surface area contributed by atoms with Gasteiger partial charge in [0.05, 0.1) is 5.39 Å². The summed E-state index contributed by atoms with van der Waals surface area (Å²) in [6, 6.07) is 42.1. The summed E-state index contributed by atoms with van der Waals surface area (Å²) in [5, 5.41) is 6.50. The minimum atomic E-state index is -2.15. The molecule has 0 bridgehead atoms. The van der Waals surface area contributed by atoms with E-state index in [2.05, 4.69) is 96.0 Å². The average molecular weight is 504 g/mol. The molecule has 174 valence electrons. The molecule has 2 heterocycles. The van der Waals surface area contributed by atoms with Crippen LogP contribution in [0.2, 0.25) is 0 Å². The summed E-state index contributed by atoms with van der Waals surface area (Å²) >= 11 is 1.53. The molecule has 3 nitrogen and oxygen atoms in total. The van der Waals surface area contributed by atoms with Crippen LogP contribution in [0, 0.1) is 0 Å². The molecule has 0 atom stereocenters. The molecule has 4 aromatic carbocycles. The maximum atomic E-state index is 13.5. The third-order valence-electron chi connectivity index (χ3n) is 6.56. The molecular formula is C31H24N2OPS+. The van der Waals surface area contributed by atoms with E-state index in [-0.39, 0.29) is 5.56 Å². The summed E-state index contributed by atoms with van der Waals surface area (Å²) in [5.74, 6) is 0.721. The predicted octanol–water partition coefficient (Wildman–Crippen LogP) is 6.15. The second-order valence-electron chi connectivity index (χ2n) is 8.68. The third kappa shape index (κ3) is 3.99. The summed E-state index contributed by atoms with van der Waals surface area (Å²) in [5.41, 5.74) is 1.89. The van der Waals surface area contributed by atoms with Gasteiger partial charge in [-0.3, -0.25) is 4.79 Å². The van der Waals surface area contributed by atoms with Crippen molar-refractivity contribution in [3.05, 3.63) is 143 Å². The van der Waals surface area contributed by atoms with Crippen molar-refractivity contribution in [2.24, 2.45) is 0 Å². The lowest BCUT2D eigenvalue weighted by molar-refractivity contribution is 1.04. The first-order valence-electron chi connectivity index (χ1n) is 11.9. The Labute approximate surface area is 214 Å². The van der Waals surface area contributed by atoms with Crippen molar-refractivity contribution < 1.29 is 0 Å². The second-order valence-corrected chi connectivity index (χ2v) is 13.0.